The molecule has 6 heteroatoms. The normalized spacial score (nSPS) is 17.1. The van der Waals surface area contributed by atoms with E-state index >= 15 is 0 Å². The number of carbonyl (C=O) groups excluding carboxylic acids is 1. The van der Waals surface area contributed by atoms with Crippen LogP contribution in [0.2, 0.25) is 0 Å². The first-order valence-electron chi connectivity index (χ1n) is 8.04. The first kappa shape index (κ1) is 17.0. The second-order valence-corrected chi connectivity index (χ2v) is 5.75. The molecular weight excluding hydrogens is 322 g/mol. The van der Waals surface area contributed by atoms with Gasteiger partial charge in [0, 0.05) is 12.1 Å². The quantitative estimate of drug-likeness (QED) is 0.902. The van der Waals surface area contributed by atoms with Crippen molar-refractivity contribution in [2.45, 2.75) is 12.7 Å². The molecule has 0 spiro atoms. The summed E-state index contributed by atoms with van der Waals surface area (Å²) in [5.74, 6) is -0.452. The minimum Gasteiger partial charge on any atom is -0.489 e. The first-order valence-corrected chi connectivity index (χ1v) is 8.04. The summed E-state index contributed by atoms with van der Waals surface area (Å²) in [6, 6.07) is 16.6. The van der Waals surface area contributed by atoms with Crippen molar-refractivity contribution >= 4 is 11.9 Å². The highest BCUT2D eigenvalue weighted by Gasteiger charge is 2.29. The molecule has 0 aliphatic carbocycles. The maximum absolute atomic E-state index is 12.5. The van der Waals surface area contributed by atoms with Crippen LogP contribution in [-0.4, -0.2) is 47.7 Å². The number of para-hydroxylation sites is 1. The van der Waals surface area contributed by atoms with Gasteiger partial charge in [0.15, 0.2) is 6.10 Å². The molecule has 1 heterocycles. The second kappa shape index (κ2) is 7.81. The molecular formula is C19H19NO5. The summed E-state index contributed by atoms with van der Waals surface area (Å²) in [4.78, 5) is 25.0. The zero-order chi connectivity index (χ0) is 17.6. The average Bonchev–Trinajstić information content (AvgIpc) is 2.67. The Balaban J connectivity index is 1.59. The Labute approximate surface area is 145 Å². The summed E-state index contributed by atoms with van der Waals surface area (Å²) in [6.07, 6.45) is -0.962. The highest BCUT2D eigenvalue weighted by atomic mass is 16.5. The van der Waals surface area contributed by atoms with Crippen LogP contribution in [0.5, 0.6) is 5.75 Å². The molecule has 2 aromatic rings. The molecule has 130 valence electrons. The molecule has 0 radical (unpaired) electrons. The van der Waals surface area contributed by atoms with E-state index in [1.807, 2.05) is 42.5 Å². The van der Waals surface area contributed by atoms with Crippen molar-refractivity contribution in [1.82, 2.24) is 4.90 Å². The molecule has 1 amide bonds. The summed E-state index contributed by atoms with van der Waals surface area (Å²) in [7, 11) is 0. The van der Waals surface area contributed by atoms with E-state index < -0.39 is 12.1 Å². The molecule has 25 heavy (non-hydrogen) atoms. The Morgan fingerprint density at radius 2 is 1.84 bits per heavy atom. The van der Waals surface area contributed by atoms with Gasteiger partial charge in [0.05, 0.1) is 13.2 Å². The number of amides is 1. The molecule has 2 aromatic carbocycles. The predicted octanol–water partition coefficient (Wildman–Crippen LogP) is 2.19. The Morgan fingerprint density at radius 3 is 2.52 bits per heavy atom. The molecule has 1 N–H and O–H groups in total. The van der Waals surface area contributed by atoms with Crippen molar-refractivity contribution in [3.63, 3.8) is 0 Å². The van der Waals surface area contributed by atoms with Crippen LogP contribution in [0.4, 0.5) is 0 Å². The van der Waals surface area contributed by atoms with Crippen LogP contribution in [0.3, 0.4) is 0 Å². The highest BCUT2D eigenvalue weighted by molar-refractivity contribution is 5.94. The minimum atomic E-state index is -1.05. The molecule has 0 saturated carbocycles. The number of benzene rings is 2. The second-order valence-electron chi connectivity index (χ2n) is 5.75. The van der Waals surface area contributed by atoms with Gasteiger partial charge in [-0.3, -0.25) is 4.79 Å². The van der Waals surface area contributed by atoms with Crippen molar-refractivity contribution < 1.29 is 24.2 Å². The van der Waals surface area contributed by atoms with Crippen LogP contribution < -0.4 is 4.74 Å². The first-order chi connectivity index (χ1) is 12.1. The Morgan fingerprint density at radius 1 is 1.12 bits per heavy atom. The third kappa shape index (κ3) is 4.36. The molecule has 1 saturated heterocycles. The van der Waals surface area contributed by atoms with Gasteiger partial charge in [-0.1, -0.05) is 30.3 Å². The zero-order valence-corrected chi connectivity index (χ0v) is 13.6. The summed E-state index contributed by atoms with van der Waals surface area (Å²) < 4.78 is 10.8. The minimum absolute atomic E-state index is 0.0625. The van der Waals surface area contributed by atoms with Gasteiger partial charge in [0.25, 0.3) is 5.91 Å². The van der Waals surface area contributed by atoms with E-state index in [0.717, 1.165) is 11.3 Å². The van der Waals surface area contributed by atoms with Gasteiger partial charge < -0.3 is 19.5 Å². The van der Waals surface area contributed by atoms with Crippen LogP contribution in [0.25, 0.3) is 0 Å². The van der Waals surface area contributed by atoms with Crippen molar-refractivity contribution in [2.75, 3.05) is 19.7 Å². The third-order valence-electron chi connectivity index (χ3n) is 3.98. The van der Waals surface area contributed by atoms with Gasteiger partial charge in [-0.05, 0) is 29.8 Å². The van der Waals surface area contributed by atoms with Gasteiger partial charge in [-0.2, -0.15) is 0 Å². The lowest BCUT2D eigenvalue weighted by Gasteiger charge is -2.30. The lowest BCUT2D eigenvalue weighted by atomic mass is 10.1. The molecule has 1 atom stereocenters. The maximum atomic E-state index is 12.5. The van der Waals surface area contributed by atoms with Crippen molar-refractivity contribution in [2.24, 2.45) is 0 Å². The van der Waals surface area contributed by atoms with E-state index in [9.17, 15) is 9.59 Å². The summed E-state index contributed by atoms with van der Waals surface area (Å²) in [6.45, 7) is 1.09. The van der Waals surface area contributed by atoms with Crippen molar-refractivity contribution in [3.05, 3.63) is 65.7 Å². The summed E-state index contributed by atoms with van der Waals surface area (Å²) in [5, 5.41) is 9.02. The molecule has 1 aliphatic heterocycles. The van der Waals surface area contributed by atoms with E-state index in [-0.39, 0.29) is 19.1 Å². The number of hydrogen-bond acceptors (Lipinski definition) is 4. The number of aliphatic carboxylic acids is 1. The van der Waals surface area contributed by atoms with Gasteiger partial charge in [0.2, 0.25) is 0 Å². The van der Waals surface area contributed by atoms with Crippen LogP contribution in [0, 0.1) is 0 Å². The Hall–Kier alpha value is -2.86. The van der Waals surface area contributed by atoms with Crippen molar-refractivity contribution in [3.8, 4) is 5.75 Å². The topological polar surface area (TPSA) is 76.1 Å². The number of carboxylic acids is 1. The Bertz CT molecular complexity index is 729. The monoisotopic (exact) mass is 341 g/mol. The highest BCUT2D eigenvalue weighted by Crippen LogP contribution is 2.14. The van der Waals surface area contributed by atoms with Crippen LogP contribution >= 0.6 is 0 Å². The fourth-order valence-corrected chi connectivity index (χ4v) is 2.59. The lowest BCUT2D eigenvalue weighted by Crippen LogP contribution is -2.48. The van der Waals surface area contributed by atoms with E-state index in [0.29, 0.717) is 18.7 Å². The fourth-order valence-electron chi connectivity index (χ4n) is 2.59. The number of rotatable bonds is 5. The lowest BCUT2D eigenvalue weighted by molar-refractivity contribution is -0.154. The Kier molecular flexibility index (Phi) is 5.30. The van der Waals surface area contributed by atoms with Gasteiger partial charge in [-0.25, -0.2) is 4.79 Å². The van der Waals surface area contributed by atoms with Gasteiger partial charge in [0.1, 0.15) is 12.4 Å². The molecule has 1 aliphatic rings. The number of morpholine rings is 1. The molecule has 0 aromatic heterocycles. The number of hydrogen-bond donors (Lipinski definition) is 1. The third-order valence-corrected chi connectivity index (χ3v) is 3.98. The molecule has 0 bridgehead atoms. The molecule has 3 rings (SSSR count). The van der Waals surface area contributed by atoms with Crippen LogP contribution in [-0.2, 0) is 16.1 Å². The largest absolute Gasteiger partial charge is 0.489 e. The number of ether oxygens (including phenoxy) is 2. The van der Waals surface area contributed by atoms with Gasteiger partial charge in [-0.15, -0.1) is 0 Å². The zero-order valence-electron chi connectivity index (χ0n) is 13.6. The van der Waals surface area contributed by atoms with E-state index in [4.69, 9.17) is 14.6 Å². The molecule has 0 unspecified atom stereocenters. The van der Waals surface area contributed by atoms with Crippen LogP contribution in [0.15, 0.2) is 54.6 Å². The average molecular weight is 341 g/mol. The molecule has 1 fully saturated rings. The van der Waals surface area contributed by atoms with Crippen LogP contribution in [0.1, 0.15) is 15.9 Å². The number of nitrogens with zero attached hydrogens (tertiary/aromatic N) is 1. The van der Waals surface area contributed by atoms with Gasteiger partial charge >= 0.3 is 5.97 Å². The fraction of sp³-hybridized carbons (Fsp3) is 0.263. The smallest absolute Gasteiger partial charge is 0.334 e. The summed E-state index contributed by atoms with van der Waals surface area (Å²) >= 11 is 0. The van der Waals surface area contributed by atoms with E-state index in [2.05, 4.69) is 0 Å². The maximum Gasteiger partial charge on any atom is 0.334 e. The SMILES string of the molecule is O=C(O)[C@H]1CN(C(=O)c2ccc(COc3ccccc3)cc2)CCO1. The number of carbonyl (C=O) groups is 2. The summed E-state index contributed by atoms with van der Waals surface area (Å²) in [5.41, 5.74) is 1.47. The standard InChI is InChI=1S/C19H19NO5/c21-18(20-10-11-24-17(12-20)19(22)23)15-8-6-14(7-9-15)13-25-16-4-2-1-3-5-16/h1-9,17H,10-13H2,(H,22,23)/t17-/m1/s1. The van der Waals surface area contributed by atoms with E-state index in [1.54, 1.807) is 12.1 Å². The predicted molar refractivity (Wildman–Crippen MR) is 90.5 cm³/mol. The van der Waals surface area contributed by atoms with Crippen molar-refractivity contribution in [1.29, 1.82) is 0 Å². The molecule has 6 nitrogen and oxygen atoms in total. The van der Waals surface area contributed by atoms with E-state index in [1.165, 1.54) is 4.90 Å². The number of carboxylic acid groups (broad SMARTS) is 1.